The van der Waals surface area contributed by atoms with E-state index >= 15 is 0 Å². The lowest BCUT2D eigenvalue weighted by atomic mass is 10.1. The summed E-state index contributed by atoms with van der Waals surface area (Å²) in [4.78, 5) is 14.0. The first kappa shape index (κ1) is 14.8. The molecule has 1 atom stereocenters. The number of anilines is 1. The molecule has 20 heavy (non-hydrogen) atoms. The van der Waals surface area contributed by atoms with Crippen LogP contribution in [0, 0.1) is 0 Å². The first-order valence-corrected chi connectivity index (χ1v) is 7.33. The zero-order chi connectivity index (χ0) is 14.5. The van der Waals surface area contributed by atoms with Crippen molar-refractivity contribution in [3.8, 4) is 0 Å². The molecule has 0 bridgehead atoms. The molecule has 1 aliphatic rings. The van der Waals surface area contributed by atoms with Crippen molar-refractivity contribution >= 4 is 11.6 Å². The lowest BCUT2D eigenvalue weighted by Crippen LogP contribution is -2.37. The van der Waals surface area contributed by atoms with Crippen molar-refractivity contribution < 1.29 is 9.53 Å². The third-order valence-electron chi connectivity index (χ3n) is 3.68. The summed E-state index contributed by atoms with van der Waals surface area (Å²) in [5.74, 6) is -0.143. The highest BCUT2D eigenvalue weighted by atomic mass is 16.5. The van der Waals surface area contributed by atoms with E-state index in [1.165, 1.54) is 0 Å². The van der Waals surface area contributed by atoms with Crippen LogP contribution >= 0.6 is 0 Å². The van der Waals surface area contributed by atoms with E-state index in [9.17, 15) is 4.79 Å². The third kappa shape index (κ3) is 3.30. The molecule has 112 valence electrons. The zero-order valence-corrected chi connectivity index (χ0v) is 12.3. The number of H-pyrrole nitrogens is 1. The standard InChI is InChI=1S/C14H24N4O2/c1-3-6-11-12(15)13(17-16-11)14(19)18(2)9-10-7-4-5-8-20-10/h10H,3-9,15H2,1-2H3,(H,16,17). The van der Waals surface area contributed by atoms with Gasteiger partial charge < -0.3 is 15.4 Å². The molecule has 0 radical (unpaired) electrons. The van der Waals surface area contributed by atoms with Gasteiger partial charge in [-0.05, 0) is 25.7 Å². The van der Waals surface area contributed by atoms with Gasteiger partial charge in [0.2, 0.25) is 0 Å². The van der Waals surface area contributed by atoms with E-state index < -0.39 is 0 Å². The largest absolute Gasteiger partial charge is 0.395 e. The van der Waals surface area contributed by atoms with Crippen molar-refractivity contribution in [2.45, 2.75) is 45.1 Å². The summed E-state index contributed by atoms with van der Waals surface area (Å²) in [5.41, 5.74) is 7.64. The number of nitrogen functional groups attached to an aromatic ring is 1. The van der Waals surface area contributed by atoms with Crippen molar-refractivity contribution in [1.29, 1.82) is 0 Å². The molecule has 1 aliphatic heterocycles. The molecule has 2 rings (SSSR count). The highest BCUT2D eigenvalue weighted by Gasteiger charge is 2.23. The SMILES string of the molecule is CCCc1[nH]nc(C(=O)N(C)CC2CCCCO2)c1N. The monoisotopic (exact) mass is 280 g/mol. The number of likely N-dealkylation sites (N-methyl/N-ethyl adjacent to an activating group) is 1. The number of hydrogen-bond donors (Lipinski definition) is 2. The maximum atomic E-state index is 12.4. The number of amides is 1. The number of carbonyl (C=O) groups is 1. The predicted molar refractivity (Wildman–Crippen MR) is 77.5 cm³/mol. The smallest absolute Gasteiger partial charge is 0.276 e. The van der Waals surface area contributed by atoms with Crippen LogP contribution < -0.4 is 5.73 Å². The Morgan fingerprint density at radius 2 is 2.35 bits per heavy atom. The van der Waals surface area contributed by atoms with Gasteiger partial charge in [0, 0.05) is 20.2 Å². The van der Waals surface area contributed by atoms with Gasteiger partial charge in [-0.25, -0.2) is 0 Å². The quantitative estimate of drug-likeness (QED) is 0.857. The van der Waals surface area contributed by atoms with E-state index in [0.29, 0.717) is 17.9 Å². The third-order valence-corrected chi connectivity index (χ3v) is 3.68. The van der Waals surface area contributed by atoms with Gasteiger partial charge in [0.05, 0.1) is 17.5 Å². The van der Waals surface area contributed by atoms with Crippen LogP contribution in [0.25, 0.3) is 0 Å². The summed E-state index contributed by atoms with van der Waals surface area (Å²) in [6.07, 6.45) is 5.19. The van der Waals surface area contributed by atoms with E-state index in [4.69, 9.17) is 10.5 Å². The predicted octanol–water partition coefficient (Wildman–Crippen LogP) is 1.59. The fraction of sp³-hybridized carbons (Fsp3) is 0.714. The van der Waals surface area contributed by atoms with Crippen molar-refractivity contribution in [2.75, 3.05) is 25.9 Å². The number of nitrogens with two attached hydrogens (primary N) is 1. The second kappa shape index (κ2) is 6.74. The molecule has 2 heterocycles. The molecule has 1 fully saturated rings. The maximum absolute atomic E-state index is 12.4. The summed E-state index contributed by atoms with van der Waals surface area (Å²) in [5, 5.41) is 6.93. The minimum atomic E-state index is -0.143. The molecule has 1 unspecified atom stereocenters. The van der Waals surface area contributed by atoms with Gasteiger partial charge in [0.25, 0.3) is 5.91 Å². The van der Waals surface area contributed by atoms with Crippen molar-refractivity contribution in [1.82, 2.24) is 15.1 Å². The zero-order valence-electron chi connectivity index (χ0n) is 12.3. The van der Waals surface area contributed by atoms with Crippen molar-refractivity contribution in [2.24, 2.45) is 0 Å². The van der Waals surface area contributed by atoms with Crippen LogP contribution in [-0.2, 0) is 11.2 Å². The minimum Gasteiger partial charge on any atom is -0.395 e. The molecule has 1 amide bonds. The van der Waals surface area contributed by atoms with E-state index in [0.717, 1.165) is 44.4 Å². The number of carbonyl (C=O) groups excluding carboxylic acids is 1. The van der Waals surface area contributed by atoms with E-state index in [-0.39, 0.29) is 12.0 Å². The Morgan fingerprint density at radius 1 is 1.55 bits per heavy atom. The summed E-state index contributed by atoms with van der Waals surface area (Å²) in [7, 11) is 1.77. The van der Waals surface area contributed by atoms with Crippen LogP contribution in [0.15, 0.2) is 0 Å². The van der Waals surface area contributed by atoms with Crippen LogP contribution in [0.4, 0.5) is 5.69 Å². The van der Waals surface area contributed by atoms with Crippen LogP contribution in [0.3, 0.4) is 0 Å². The van der Waals surface area contributed by atoms with Crippen LogP contribution in [0.2, 0.25) is 0 Å². The van der Waals surface area contributed by atoms with Crippen LogP contribution in [0.1, 0.15) is 48.8 Å². The lowest BCUT2D eigenvalue weighted by Gasteiger charge is -2.27. The Balaban J connectivity index is 1.98. The molecule has 1 saturated heterocycles. The van der Waals surface area contributed by atoms with Crippen LogP contribution in [0.5, 0.6) is 0 Å². The van der Waals surface area contributed by atoms with Crippen molar-refractivity contribution in [3.63, 3.8) is 0 Å². The molecular weight excluding hydrogens is 256 g/mol. The first-order valence-electron chi connectivity index (χ1n) is 7.33. The first-order chi connectivity index (χ1) is 9.63. The molecule has 0 aromatic carbocycles. The second-order valence-electron chi connectivity index (χ2n) is 5.39. The normalized spacial score (nSPS) is 19.0. The molecule has 6 nitrogen and oxygen atoms in total. The number of ether oxygens (including phenoxy) is 1. The van der Waals surface area contributed by atoms with Gasteiger partial charge in [-0.15, -0.1) is 0 Å². The average Bonchev–Trinajstić information content (AvgIpc) is 2.81. The van der Waals surface area contributed by atoms with Gasteiger partial charge in [-0.3, -0.25) is 9.89 Å². The lowest BCUT2D eigenvalue weighted by molar-refractivity contribution is -0.000273. The fourth-order valence-corrected chi connectivity index (χ4v) is 2.51. The van der Waals surface area contributed by atoms with Crippen molar-refractivity contribution in [3.05, 3.63) is 11.4 Å². The minimum absolute atomic E-state index is 0.132. The Morgan fingerprint density at radius 3 is 3.00 bits per heavy atom. The summed E-state index contributed by atoms with van der Waals surface area (Å²) < 4.78 is 5.66. The Kier molecular flexibility index (Phi) is 5.00. The number of aryl methyl sites for hydroxylation is 1. The van der Waals surface area contributed by atoms with Crippen LogP contribution in [-0.4, -0.2) is 47.3 Å². The highest BCUT2D eigenvalue weighted by molar-refractivity contribution is 5.97. The summed E-state index contributed by atoms with van der Waals surface area (Å²) >= 11 is 0. The van der Waals surface area contributed by atoms with Gasteiger partial charge in [0.15, 0.2) is 5.69 Å². The Labute approximate surface area is 119 Å². The fourth-order valence-electron chi connectivity index (χ4n) is 2.51. The average molecular weight is 280 g/mol. The molecule has 3 N–H and O–H groups in total. The van der Waals surface area contributed by atoms with Gasteiger partial charge in [-0.2, -0.15) is 5.10 Å². The van der Waals surface area contributed by atoms with Gasteiger partial charge in [0.1, 0.15) is 0 Å². The molecule has 0 spiro atoms. The molecule has 0 aliphatic carbocycles. The molecule has 6 heteroatoms. The Hall–Kier alpha value is -1.56. The van der Waals surface area contributed by atoms with Gasteiger partial charge in [-0.1, -0.05) is 13.3 Å². The number of nitrogens with zero attached hydrogens (tertiary/aromatic N) is 2. The summed E-state index contributed by atoms with van der Waals surface area (Å²) in [6.45, 7) is 3.44. The number of nitrogens with one attached hydrogen (secondary N) is 1. The molecule has 0 saturated carbocycles. The number of aromatic nitrogens is 2. The molecule has 1 aromatic rings. The number of hydrogen-bond acceptors (Lipinski definition) is 4. The van der Waals surface area contributed by atoms with Gasteiger partial charge >= 0.3 is 0 Å². The number of aromatic amines is 1. The number of rotatable bonds is 5. The van der Waals surface area contributed by atoms with E-state index in [1.807, 2.05) is 0 Å². The molecular formula is C14H24N4O2. The summed E-state index contributed by atoms with van der Waals surface area (Å²) in [6, 6.07) is 0. The second-order valence-corrected chi connectivity index (χ2v) is 5.39. The highest BCUT2D eigenvalue weighted by Crippen LogP contribution is 2.18. The Bertz CT molecular complexity index is 452. The molecule has 1 aromatic heterocycles. The topological polar surface area (TPSA) is 84.2 Å². The van der Waals surface area contributed by atoms with E-state index in [1.54, 1.807) is 11.9 Å². The van der Waals surface area contributed by atoms with E-state index in [2.05, 4.69) is 17.1 Å². The maximum Gasteiger partial charge on any atom is 0.276 e.